The summed E-state index contributed by atoms with van der Waals surface area (Å²) in [5.41, 5.74) is 0.124. The number of carbonyl (C=O) groups is 1. The summed E-state index contributed by atoms with van der Waals surface area (Å²) in [6, 6.07) is 0. The summed E-state index contributed by atoms with van der Waals surface area (Å²) >= 11 is 0. The van der Waals surface area contributed by atoms with Crippen LogP contribution in [0.15, 0.2) is 0 Å². The van der Waals surface area contributed by atoms with E-state index < -0.39 is 0 Å². The first-order chi connectivity index (χ1) is 8.84. The third kappa shape index (κ3) is 5.49. The molecule has 1 N–H and O–H groups in total. The third-order valence-corrected chi connectivity index (χ3v) is 3.70. The van der Waals surface area contributed by atoms with Crippen molar-refractivity contribution in [3.05, 3.63) is 0 Å². The van der Waals surface area contributed by atoms with E-state index in [4.69, 9.17) is 9.47 Å². The lowest BCUT2D eigenvalue weighted by Crippen LogP contribution is -2.40. The molecule has 19 heavy (non-hydrogen) atoms. The van der Waals surface area contributed by atoms with Crippen molar-refractivity contribution in [1.82, 2.24) is 5.32 Å². The van der Waals surface area contributed by atoms with Gasteiger partial charge in [0, 0.05) is 19.1 Å². The fourth-order valence-electron chi connectivity index (χ4n) is 2.43. The molecule has 1 aliphatic rings. The minimum atomic E-state index is -0.0279. The molecule has 0 spiro atoms. The number of carbonyl (C=O) groups excluding carboxylic acids is 1. The van der Waals surface area contributed by atoms with Crippen LogP contribution in [-0.2, 0) is 14.3 Å². The van der Waals surface area contributed by atoms with Gasteiger partial charge in [-0.05, 0) is 25.2 Å². The van der Waals surface area contributed by atoms with Crippen LogP contribution in [0.1, 0.15) is 47.5 Å². The van der Waals surface area contributed by atoms with E-state index in [0.29, 0.717) is 12.5 Å². The molecule has 0 aliphatic carbocycles. The molecule has 112 valence electrons. The molecule has 1 saturated heterocycles. The maximum Gasteiger partial charge on any atom is 0.246 e. The van der Waals surface area contributed by atoms with Gasteiger partial charge >= 0.3 is 0 Å². The second-order valence-corrected chi connectivity index (χ2v) is 6.54. The van der Waals surface area contributed by atoms with Gasteiger partial charge in [0.05, 0.1) is 12.2 Å². The average Bonchev–Trinajstić information content (AvgIpc) is 2.81. The molecule has 1 aliphatic heterocycles. The number of ether oxygens (including phenoxy) is 2. The highest BCUT2D eigenvalue weighted by molar-refractivity contribution is 5.77. The first-order valence-electron chi connectivity index (χ1n) is 7.34. The predicted octanol–water partition coefficient (Wildman–Crippen LogP) is 2.37. The second kappa shape index (κ2) is 7.25. The van der Waals surface area contributed by atoms with Crippen LogP contribution in [0.4, 0.5) is 0 Å². The van der Waals surface area contributed by atoms with E-state index in [0.717, 1.165) is 19.4 Å². The van der Waals surface area contributed by atoms with E-state index in [1.54, 1.807) is 0 Å². The lowest BCUT2D eigenvalue weighted by Gasteiger charge is -2.31. The normalized spacial score (nSPS) is 25.3. The molecule has 0 aromatic rings. The largest absolute Gasteiger partial charge is 0.377 e. The predicted molar refractivity (Wildman–Crippen MR) is 76.0 cm³/mol. The van der Waals surface area contributed by atoms with Gasteiger partial charge in [-0.2, -0.15) is 0 Å². The molecule has 1 heterocycles. The first kappa shape index (κ1) is 16.4. The maximum absolute atomic E-state index is 11.7. The van der Waals surface area contributed by atoms with E-state index in [9.17, 15) is 4.79 Å². The molecule has 1 amide bonds. The Kier molecular flexibility index (Phi) is 6.27. The highest BCUT2D eigenvalue weighted by Gasteiger charge is 2.37. The van der Waals surface area contributed by atoms with Crippen molar-refractivity contribution in [2.45, 2.75) is 59.7 Å². The average molecular weight is 271 g/mol. The van der Waals surface area contributed by atoms with E-state index in [-0.39, 0.29) is 30.1 Å². The van der Waals surface area contributed by atoms with Crippen LogP contribution in [0.2, 0.25) is 0 Å². The van der Waals surface area contributed by atoms with E-state index in [1.807, 2.05) is 13.8 Å². The Balaban J connectivity index is 2.30. The Morgan fingerprint density at radius 3 is 2.74 bits per heavy atom. The molecule has 1 rings (SSSR count). The summed E-state index contributed by atoms with van der Waals surface area (Å²) < 4.78 is 11.2. The zero-order valence-electron chi connectivity index (χ0n) is 13.0. The van der Waals surface area contributed by atoms with Gasteiger partial charge < -0.3 is 14.8 Å². The zero-order chi connectivity index (χ0) is 14.5. The number of rotatable bonds is 6. The summed E-state index contributed by atoms with van der Waals surface area (Å²) in [6.07, 6.45) is 2.32. The molecule has 1 fully saturated rings. The molecule has 0 unspecified atom stereocenters. The summed E-state index contributed by atoms with van der Waals surface area (Å²) in [4.78, 5) is 11.7. The molecule has 0 bridgehead atoms. The van der Waals surface area contributed by atoms with E-state index >= 15 is 0 Å². The van der Waals surface area contributed by atoms with Crippen LogP contribution in [0.5, 0.6) is 0 Å². The second-order valence-electron chi connectivity index (χ2n) is 6.54. The highest BCUT2D eigenvalue weighted by Crippen LogP contribution is 2.34. The molecule has 0 aromatic carbocycles. The minimum absolute atomic E-state index is 0.0279. The van der Waals surface area contributed by atoms with Crippen molar-refractivity contribution in [1.29, 1.82) is 0 Å². The molecule has 0 radical (unpaired) electrons. The zero-order valence-corrected chi connectivity index (χ0v) is 13.0. The molecule has 4 nitrogen and oxygen atoms in total. The lowest BCUT2D eigenvalue weighted by molar-refractivity contribution is -0.127. The van der Waals surface area contributed by atoms with Crippen molar-refractivity contribution in [3.63, 3.8) is 0 Å². The maximum atomic E-state index is 11.7. The summed E-state index contributed by atoms with van der Waals surface area (Å²) in [6.45, 7) is 12.2. The first-order valence-corrected chi connectivity index (χ1v) is 7.34. The van der Waals surface area contributed by atoms with Gasteiger partial charge in [0.2, 0.25) is 5.91 Å². The van der Waals surface area contributed by atoms with Crippen molar-refractivity contribution < 1.29 is 14.3 Å². The summed E-state index contributed by atoms with van der Waals surface area (Å²) in [5, 5.41) is 2.96. The Labute approximate surface area is 117 Å². The van der Waals surface area contributed by atoms with Crippen molar-refractivity contribution in [2.75, 3.05) is 19.8 Å². The highest BCUT2D eigenvalue weighted by atomic mass is 16.5. The van der Waals surface area contributed by atoms with Gasteiger partial charge in [-0.15, -0.1) is 0 Å². The van der Waals surface area contributed by atoms with Gasteiger partial charge in [-0.1, -0.05) is 27.7 Å². The molecule has 0 saturated carbocycles. The van der Waals surface area contributed by atoms with Gasteiger partial charge in [0.25, 0.3) is 0 Å². The Hall–Kier alpha value is -0.610. The topological polar surface area (TPSA) is 47.6 Å². The number of amides is 1. The lowest BCUT2D eigenvalue weighted by atomic mass is 9.81. The smallest absolute Gasteiger partial charge is 0.246 e. The number of hydrogen-bond donors (Lipinski definition) is 1. The standard InChI is InChI=1S/C15H29NO3/c1-6-11(2)19-10-13(17)16-9-12-7-8-18-14(12)15(3,4)5/h11-12,14H,6-10H2,1-5H3,(H,16,17)/t11-,12+,14-/m0/s1. The van der Waals surface area contributed by atoms with Crippen molar-refractivity contribution in [3.8, 4) is 0 Å². The molecule has 3 atom stereocenters. The monoisotopic (exact) mass is 271 g/mol. The molecule has 4 heteroatoms. The van der Waals surface area contributed by atoms with Crippen LogP contribution in [0.3, 0.4) is 0 Å². The van der Waals surface area contributed by atoms with Crippen molar-refractivity contribution in [2.24, 2.45) is 11.3 Å². The molecular weight excluding hydrogens is 242 g/mol. The Morgan fingerprint density at radius 1 is 1.47 bits per heavy atom. The number of nitrogens with one attached hydrogen (secondary N) is 1. The van der Waals surface area contributed by atoms with Crippen LogP contribution in [0.25, 0.3) is 0 Å². The van der Waals surface area contributed by atoms with Crippen LogP contribution < -0.4 is 5.32 Å². The Morgan fingerprint density at radius 2 is 2.16 bits per heavy atom. The summed E-state index contributed by atoms with van der Waals surface area (Å²) in [5.74, 6) is 0.382. The van der Waals surface area contributed by atoms with Crippen molar-refractivity contribution >= 4 is 5.91 Å². The molecule has 0 aromatic heterocycles. The van der Waals surface area contributed by atoms with Crippen LogP contribution in [0, 0.1) is 11.3 Å². The van der Waals surface area contributed by atoms with Gasteiger partial charge in [-0.3, -0.25) is 4.79 Å². The number of hydrogen-bond acceptors (Lipinski definition) is 3. The SMILES string of the molecule is CC[C@H](C)OCC(=O)NC[C@H]1CCO[C@@H]1C(C)(C)C. The third-order valence-electron chi connectivity index (χ3n) is 3.70. The van der Waals surface area contributed by atoms with Gasteiger partial charge in [0.1, 0.15) is 6.61 Å². The van der Waals surface area contributed by atoms with Gasteiger partial charge in [-0.25, -0.2) is 0 Å². The van der Waals surface area contributed by atoms with Crippen LogP contribution >= 0.6 is 0 Å². The molecular formula is C15H29NO3. The van der Waals surface area contributed by atoms with Gasteiger partial charge in [0.15, 0.2) is 0 Å². The Bertz CT molecular complexity index is 286. The van der Waals surface area contributed by atoms with Crippen LogP contribution in [-0.4, -0.2) is 37.9 Å². The fraction of sp³-hybridized carbons (Fsp3) is 0.933. The quantitative estimate of drug-likeness (QED) is 0.807. The fourth-order valence-corrected chi connectivity index (χ4v) is 2.43. The minimum Gasteiger partial charge on any atom is -0.377 e. The van der Waals surface area contributed by atoms with E-state index in [2.05, 4.69) is 26.1 Å². The van der Waals surface area contributed by atoms with E-state index in [1.165, 1.54) is 0 Å². The summed E-state index contributed by atoms with van der Waals surface area (Å²) in [7, 11) is 0.